The van der Waals surface area contributed by atoms with E-state index in [1.807, 2.05) is 19.6 Å². The summed E-state index contributed by atoms with van der Waals surface area (Å²) in [7, 11) is -5.29. The smallest absolute Gasteiger partial charge is 0.292 e. The van der Waals surface area contributed by atoms with Crippen LogP contribution in [0.25, 0.3) is 0 Å². The Kier molecular flexibility index (Phi) is 14.5. The summed E-state index contributed by atoms with van der Waals surface area (Å²) in [6.07, 6.45) is 16.6. The molecule has 1 aliphatic carbocycles. The van der Waals surface area contributed by atoms with Gasteiger partial charge in [-0.15, -0.1) is 0 Å². The van der Waals surface area contributed by atoms with Crippen LogP contribution >= 0.6 is 0 Å². The van der Waals surface area contributed by atoms with E-state index in [-0.39, 0.29) is 30.0 Å². The fourth-order valence-corrected chi connectivity index (χ4v) is 7.73. The van der Waals surface area contributed by atoms with Crippen LogP contribution in [0.1, 0.15) is 64.7 Å². The third-order valence-corrected chi connectivity index (χ3v) is 8.95. The van der Waals surface area contributed by atoms with Crippen LogP contribution in [-0.4, -0.2) is 48.9 Å². The van der Waals surface area contributed by atoms with Gasteiger partial charge in [0.15, 0.2) is 16.6 Å². The van der Waals surface area contributed by atoms with Crippen LogP contribution in [0.15, 0.2) is 24.3 Å². The third-order valence-electron chi connectivity index (χ3n) is 6.09. The average Bonchev–Trinajstić information content (AvgIpc) is 2.98. The lowest BCUT2D eigenvalue weighted by molar-refractivity contribution is -0.135. The van der Waals surface area contributed by atoms with Crippen molar-refractivity contribution >= 4 is 36.7 Å². The Morgan fingerprint density at radius 1 is 0.946 bits per heavy atom. The molecular formula is C29H56O5Si3. The van der Waals surface area contributed by atoms with Crippen molar-refractivity contribution in [1.82, 2.24) is 0 Å². The molecular weight excluding hydrogens is 513 g/mol. The molecule has 1 fully saturated rings. The summed E-state index contributed by atoms with van der Waals surface area (Å²) in [6.45, 7) is 21.6. The van der Waals surface area contributed by atoms with Crippen LogP contribution in [0.3, 0.4) is 0 Å². The van der Waals surface area contributed by atoms with Crippen LogP contribution in [0, 0.1) is 11.8 Å². The van der Waals surface area contributed by atoms with Crippen molar-refractivity contribution in [2.45, 2.75) is 136 Å². The van der Waals surface area contributed by atoms with E-state index < -0.39 is 25.0 Å². The summed E-state index contributed by atoms with van der Waals surface area (Å²) in [5.41, 5.74) is 0. The van der Waals surface area contributed by atoms with Gasteiger partial charge >= 0.3 is 0 Å². The summed E-state index contributed by atoms with van der Waals surface area (Å²) in [5.74, 6) is 0.224. The summed E-state index contributed by atoms with van der Waals surface area (Å²) in [6, 6.07) is 0. The lowest BCUT2D eigenvalue weighted by Crippen LogP contribution is -2.35. The van der Waals surface area contributed by atoms with Gasteiger partial charge in [-0.2, -0.15) is 0 Å². The Labute approximate surface area is 231 Å². The molecule has 0 saturated heterocycles. The number of carbonyl (C=O) groups is 2. The molecule has 0 aromatic heterocycles. The second-order valence-corrected chi connectivity index (χ2v) is 26.8. The normalized spacial score (nSPS) is 22.3. The maximum absolute atomic E-state index is 13.1. The molecule has 0 heterocycles. The Morgan fingerprint density at radius 2 is 1.62 bits per heavy atom. The molecule has 1 saturated carbocycles. The first-order valence-electron chi connectivity index (χ1n) is 14.4. The van der Waals surface area contributed by atoms with Crippen molar-refractivity contribution in [3.63, 3.8) is 0 Å². The van der Waals surface area contributed by atoms with E-state index in [4.69, 9.17) is 13.3 Å². The van der Waals surface area contributed by atoms with Gasteiger partial charge in [-0.25, -0.2) is 0 Å². The van der Waals surface area contributed by atoms with Gasteiger partial charge in [-0.3, -0.25) is 9.59 Å². The topological polar surface area (TPSA) is 61.8 Å². The fourth-order valence-electron chi connectivity index (χ4n) is 4.69. The van der Waals surface area contributed by atoms with Gasteiger partial charge in [0.05, 0.1) is 12.2 Å². The maximum Gasteiger partial charge on any atom is 0.292 e. The first-order chi connectivity index (χ1) is 17.0. The number of carbonyl (C=O) groups excluding carboxylic acids is 2. The molecule has 0 aromatic carbocycles. The second-order valence-electron chi connectivity index (χ2n) is 13.5. The number of hydrogen-bond donors (Lipinski definition) is 0. The molecule has 214 valence electrons. The highest BCUT2D eigenvalue weighted by Gasteiger charge is 2.42. The van der Waals surface area contributed by atoms with Gasteiger partial charge in [0.1, 0.15) is 5.78 Å². The first kappa shape index (κ1) is 34.2. The molecule has 0 aromatic rings. The fraction of sp³-hybridized carbons (Fsp3) is 0.793. The zero-order valence-corrected chi connectivity index (χ0v) is 28.5. The number of Topliss-reactive ketones (excluding diaryl/α,β-unsaturated/α-hetero) is 1. The summed E-state index contributed by atoms with van der Waals surface area (Å²) >= 11 is 0. The largest absolute Gasteiger partial charge is 0.520 e. The zero-order chi connectivity index (χ0) is 28.3. The number of unbranched alkanes of at least 4 members (excludes halogenated alkanes) is 3. The molecule has 1 rings (SSSR count). The van der Waals surface area contributed by atoms with Gasteiger partial charge in [0.25, 0.3) is 5.97 Å². The van der Waals surface area contributed by atoms with E-state index in [0.717, 1.165) is 25.7 Å². The molecule has 4 atom stereocenters. The quantitative estimate of drug-likeness (QED) is 0.100. The highest BCUT2D eigenvalue weighted by atomic mass is 28.4. The van der Waals surface area contributed by atoms with Gasteiger partial charge in [0.2, 0.25) is 8.32 Å². The first-order valence-corrected chi connectivity index (χ1v) is 24.7. The van der Waals surface area contributed by atoms with E-state index in [0.29, 0.717) is 25.0 Å². The molecule has 0 bridgehead atoms. The molecule has 5 nitrogen and oxygen atoms in total. The number of hydrogen-bond acceptors (Lipinski definition) is 5. The van der Waals surface area contributed by atoms with Gasteiger partial charge in [0, 0.05) is 24.7 Å². The molecule has 1 aliphatic rings. The van der Waals surface area contributed by atoms with Crippen LogP contribution in [-0.2, 0) is 22.9 Å². The van der Waals surface area contributed by atoms with Crippen molar-refractivity contribution in [2.75, 3.05) is 0 Å². The van der Waals surface area contributed by atoms with E-state index >= 15 is 0 Å². The Hall–Kier alpha value is -0.809. The minimum atomic E-state index is -1.82. The molecule has 0 unspecified atom stereocenters. The maximum atomic E-state index is 13.1. The molecule has 0 aliphatic heterocycles. The van der Waals surface area contributed by atoms with E-state index in [1.165, 1.54) is 12.8 Å². The Morgan fingerprint density at radius 3 is 2.19 bits per heavy atom. The lowest BCUT2D eigenvalue weighted by atomic mass is 9.90. The lowest BCUT2D eigenvalue weighted by Gasteiger charge is -2.29. The Balaban J connectivity index is 2.87. The highest BCUT2D eigenvalue weighted by Crippen LogP contribution is 2.37. The average molecular weight is 569 g/mol. The van der Waals surface area contributed by atoms with E-state index in [9.17, 15) is 9.59 Å². The monoisotopic (exact) mass is 568 g/mol. The minimum Gasteiger partial charge on any atom is -0.520 e. The summed E-state index contributed by atoms with van der Waals surface area (Å²) in [4.78, 5) is 25.0. The molecule has 0 radical (unpaired) electrons. The summed E-state index contributed by atoms with van der Waals surface area (Å²) in [5, 5.41) is 0. The van der Waals surface area contributed by atoms with Crippen molar-refractivity contribution < 1.29 is 22.9 Å². The number of ketones is 1. The van der Waals surface area contributed by atoms with Crippen LogP contribution < -0.4 is 0 Å². The molecule has 0 N–H and O–H groups in total. The standard InChI is InChI=1S/C29H56O5Si3/c1-11-12-15-18-24(32-35(2,3)4)21-22-26-25(27(30)23-28(26)33-36(5,6)7)19-16-13-14-17-20-29(31)34-37(8,9)10/h13,16,21-22,24-26,28H,11-12,14-15,17-20,23H2,1-10H3/b16-13+,22-21+/t24-,25+,26+,28+/m0/s1. The second kappa shape index (κ2) is 15.7. The zero-order valence-electron chi connectivity index (χ0n) is 25.5. The molecule has 0 amide bonds. The molecule has 8 heteroatoms. The molecule has 0 spiro atoms. The predicted molar refractivity (Wildman–Crippen MR) is 163 cm³/mol. The van der Waals surface area contributed by atoms with Gasteiger partial charge in [-0.1, -0.05) is 50.5 Å². The van der Waals surface area contributed by atoms with Crippen LogP contribution in [0.4, 0.5) is 0 Å². The van der Waals surface area contributed by atoms with Crippen LogP contribution in [0.5, 0.6) is 0 Å². The van der Waals surface area contributed by atoms with Crippen molar-refractivity contribution in [2.24, 2.45) is 11.8 Å². The van der Waals surface area contributed by atoms with Crippen molar-refractivity contribution in [3.05, 3.63) is 24.3 Å². The Bertz CT molecular complexity index is 759. The van der Waals surface area contributed by atoms with E-state index in [2.05, 4.69) is 70.5 Å². The van der Waals surface area contributed by atoms with Crippen molar-refractivity contribution in [1.29, 1.82) is 0 Å². The number of rotatable bonds is 17. The summed E-state index contributed by atoms with van der Waals surface area (Å²) < 4.78 is 18.5. The third kappa shape index (κ3) is 16.0. The molecule has 37 heavy (non-hydrogen) atoms. The van der Waals surface area contributed by atoms with Gasteiger partial charge in [-0.05, 0) is 84.6 Å². The van der Waals surface area contributed by atoms with Gasteiger partial charge < -0.3 is 13.3 Å². The number of allylic oxidation sites excluding steroid dienone is 2. The SMILES string of the molecule is CCCCC[C@@H](/C=C/[C@H]1[C@H](O[Si](C)(C)C)CC(=O)[C@@H]1C/C=C/CCCC(=O)O[Si](C)(C)C)O[Si](C)(C)C. The van der Waals surface area contributed by atoms with Crippen LogP contribution in [0.2, 0.25) is 58.9 Å². The highest BCUT2D eigenvalue weighted by molar-refractivity contribution is 6.71. The predicted octanol–water partition coefficient (Wildman–Crippen LogP) is 8.26. The van der Waals surface area contributed by atoms with E-state index in [1.54, 1.807) is 0 Å². The van der Waals surface area contributed by atoms with Crippen molar-refractivity contribution in [3.8, 4) is 0 Å². The minimum absolute atomic E-state index is 0.0478.